The fraction of sp³-hybridized carbons (Fsp3) is 0.611. The van der Waals surface area contributed by atoms with Crippen molar-refractivity contribution >= 4 is 30.7 Å². The van der Waals surface area contributed by atoms with Crippen LogP contribution in [0.25, 0.3) is 0 Å². The molecular weight excluding hydrogens is 377 g/mol. The van der Waals surface area contributed by atoms with E-state index in [9.17, 15) is 4.79 Å². The van der Waals surface area contributed by atoms with Crippen LogP contribution < -0.4 is 10.5 Å². The molecule has 6 nitrogen and oxygen atoms in total. The van der Waals surface area contributed by atoms with E-state index in [0.29, 0.717) is 32.7 Å². The zero-order chi connectivity index (χ0) is 16.8. The number of piperazine rings is 1. The van der Waals surface area contributed by atoms with Gasteiger partial charge in [-0.2, -0.15) is 0 Å². The molecule has 0 radical (unpaired) electrons. The van der Waals surface area contributed by atoms with Gasteiger partial charge in [-0.3, -0.25) is 9.69 Å². The number of benzene rings is 1. The number of nitrogens with two attached hydrogens (primary N) is 1. The Morgan fingerprint density at radius 3 is 2.31 bits per heavy atom. The Hall–Kier alpha value is -1.05. The average molecular weight is 406 g/mol. The second-order valence-corrected chi connectivity index (χ2v) is 6.56. The van der Waals surface area contributed by atoms with Gasteiger partial charge >= 0.3 is 0 Å². The second-order valence-electron chi connectivity index (χ2n) is 6.56. The Morgan fingerprint density at radius 2 is 1.69 bits per heavy atom. The van der Waals surface area contributed by atoms with Crippen molar-refractivity contribution in [2.45, 2.75) is 18.4 Å². The number of halogens is 2. The highest BCUT2D eigenvalue weighted by Gasteiger charge is 2.39. The van der Waals surface area contributed by atoms with Crippen LogP contribution in [0.5, 0.6) is 5.75 Å². The minimum absolute atomic E-state index is 0. The number of carbonyl (C=O) groups excluding carboxylic acids is 1. The van der Waals surface area contributed by atoms with E-state index in [2.05, 4.69) is 4.90 Å². The van der Waals surface area contributed by atoms with E-state index < -0.39 is 5.54 Å². The third-order valence-corrected chi connectivity index (χ3v) is 4.89. The molecule has 2 fully saturated rings. The van der Waals surface area contributed by atoms with Gasteiger partial charge in [0.25, 0.3) is 0 Å². The van der Waals surface area contributed by atoms with E-state index in [4.69, 9.17) is 15.2 Å². The SMILES string of the molecule is Cl.Cl.NC1(C(=O)N2CCN(CCOc3ccccc3)CC2)CCOCC1. The second kappa shape index (κ2) is 10.9. The van der Waals surface area contributed by atoms with E-state index in [1.165, 1.54) is 0 Å². The summed E-state index contributed by atoms with van der Waals surface area (Å²) in [6.07, 6.45) is 1.24. The first kappa shape index (κ1) is 23.0. The molecule has 2 heterocycles. The lowest BCUT2D eigenvalue weighted by molar-refractivity contribution is -0.142. The molecule has 1 amide bonds. The third-order valence-electron chi connectivity index (χ3n) is 4.89. The van der Waals surface area contributed by atoms with Crippen molar-refractivity contribution in [1.29, 1.82) is 0 Å². The minimum Gasteiger partial charge on any atom is -0.492 e. The molecular formula is C18H29Cl2N3O3. The zero-order valence-electron chi connectivity index (χ0n) is 15.0. The Morgan fingerprint density at radius 1 is 1.08 bits per heavy atom. The molecule has 0 aromatic heterocycles. The van der Waals surface area contributed by atoms with Crippen molar-refractivity contribution in [3.63, 3.8) is 0 Å². The van der Waals surface area contributed by atoms with Gasteiger partial charge in [-0.25, -0.2) is 0 Å². The highest BCUT2D eigenvalue weighted by Crippen LogP contribution is 2.21. The summed E-state index contributed by atoms with van der Waals surface area (Å²) in [5.41, 5.74) is 5.58. The topological polar surface area (TPSA) is 68.0 Å². The first-order chi connectivity index (χ1) is 11.7. The van der Waals surface area contributed by atoms with Crippen LogP contribution in [-0.4, -0.2) is 73.8 Å². The lowest BCUT2D eigenvalue weighted by Crippen LogP contribution is -2.61. The minimum atomic E-state index is -0.725. The van der Waals surface area contributed by atoms with Gasteiger partial charge in [0.2, 0.25) is 5.91 Å². The maximum Gasteiger partial charge on any atom is 0.242 e. The Balaban J connectivity index is 0.00000169. The van der Waals surface area contributed by atoms with Crippen molar-refractivity contribution in [2.75, 3.05) is 52.5 Å². The molecule has 0 bridgehead atoms. The molecule has 148 valence electrons. The van der Waals surface area contributed by atoms with Crippen molar-refractivity contribution in [1.82, 2.24) is 9.80 Å². The summed E-state index contributed by atoms with van der Waals surface area (Å²) in [7, 11) is 0. The van der Waals surface area contributed by atoms with Crippen LogP contribution in [-0.2, 0) is 9.53 Å². The summed E-state index contributed by atoms with van der Waals surface area (Å²) in [5.74, 6) is 0.988. The number of nitrogens with zero attached hydrogens (tertiary/aromatic N) is 2. The molecule has 0 spiro atoms. The first-order valence-electron chi connectivity index (χ1n) is 8.74. The number of rotatable bonds is 5. The van der Waals surface area contributed by atoms with Crippen LogP contribution in [0.4, 0.5) is 0 Å². The standard InChI is InChI=1S/C18H27N3O3.2ClH/c19-18(6-13-23-14-7-18)17(22)21-10-8-20(9-11-21)12-15-24-16-4-2-1-3-5-16;;/h1-5H,6-15,19H2;2*1H. The number of amides is 1. The summed E-state index contributed by atoms with van der Waals surface area (Å²) in [5, 5.41) is 0. The lowest BCUT2D eigenvalue weighted by atomic mass is 9.89. The van der Waals surface area contributed by atoms with E-state index in [1.54, 1.807) is 0 Å². The summed E-state index contributed by atoms with van der Waals surface area (Å²) in [4.78, 5) is 16.9. The number of hydrogen-bond acceptors (Lipinski definition) is 5. The summed E-state index contributed by atoms with van der Waals surface area (Å²) in [6.45, 7) is 5.92. The van der Waals surface area contributed by atoms with Crippen LogP contribution in [0.2, 0.25) is 0 Å². The van der Waals surface area contributed by atoms with Gasteiger partial charge in [0.1, 0.15) is 12.4 Å². The van der Waals surface area contributed by atoms with Gasteiger partial charge in [-0.15, -0.1) is 24.8 Å². The third kappa shape index (κ3) is 5.99. The summed E-state index contributed by atoms with van der Waals surface area (Å²) in [6, 6.07) is 9.85. The lowest BCUT2D eigenvalue weighted by Gasteiger charge is -2.40. The van der Waals surface area contributed by atoms with Crippen LogP contribution in [0.3, 0.4) is 0 Å². The molecule has 2 aliphatic heterocycles. The maximum absolute atomic E-state index is 12.7. The first-order valence-corrected chi connectivity index (χ1v) is 8.74. The Labute approximate surface area is 167 Å². The molecule has 0 atom stereocenters. The van der Waals surface area contributed by atoms with E-state index >= 15 is 0 Å². The number of hydrogen-bond donors (Lipinski definition) is 1. The van der Waals surface area contributed by atoms with Crippen LogP contribution >= 0.6 is 24.8 Å². The molecule has 2 N–H and O–H groups in total. The molecule has 8 heteroatoms. The Bertz CT molecular complexity index is 534. The van der Waals surface area contributed by atoms with Gasteiger partial charge in [0.05, 0.1) is 5.54 Å². The highest BCUT2D eigenvalue weighted by atomic mass is 35.5. The molecule has 2 saturated heterocycles. The molecule has 0 saturated carbocycles. The number of para-hydroxylation sites is 1. The molecule has 1 aromatic rings. The highest BCUT2D eigenvalue weighted by molar-refractivity contribution is 5.86. The largest absolute Gasteiger partial charge is 0.492 e. The van der Waals surface area contributed by atoms with Crippen molar-refractivity contribution in [2.24, 2.45) is 5.73 Å². The van der Waals surface area contributed by atoms with Crippen LogP contribution in [0, 0.1) is 0 Å². The summed E-state index contributed by atoms with van der Waals surface area (Å²) >= 11 is 0. The van der Waals surface area contributed by atoms with Gasteiger partial charge in [0.15, 0.2) is 0 Å². The predicted octanol–water partition coefficient (Wildman–Crippen LogP) is 1.56. The van der Waals surface area contributed by atoms with Gasteiger partial charge in [-0.1, -0.05) is 18.2 Å². The summed E-state index contributed by atoms with van der Waals surface area (Å²) < 4.78 is 11.1. The van der Waals surface area contributed by atoms with Crippen LogP contribution in [0.15, 0.2) is 30.3 Å². The fourth-order valence-electron chi connectivity index (χ4n) is 3.25. The normalized spacial score (nSPS) is 19.8. The molecule has 3 rings (SSSR count). The quantitative estimate of drug-likeness (QED) is 0.804. The van der Waals surface area contributed by atoms with Crippen molar-refractivity contribution < 1.29 is 14.3 Å². The van der Waals surface area contributed by atoms with Crippen molar-refractivity contribution in [3.05, 3.63) is 30.3 Å². The van der Waals surface area contributed by atoms with Crippen LogP contribution in [0.1, 0.15) is 12.8 Å². The monoisotopic (exact) mass is 405 g/mol. The van der Waals surface area contributed by atoms with E-state index in [-0.39, 0.29) is 30.7 Å². The van der Waals surface area contributed by atoms with Crippen molar-refractivity contribution in [3.8, 4) is 5.75 Å². The molecule has 26 heavy (non-hydrogen) atoms. The number of ether oxygens (including phenoxy) is 2. The maximum atomic E-state index is 12.7. The van der Waals surface area contributed by atoms with E-state index in [0.717, 1.165) is 38.5 Å². The Kier molecular flexibility index (Phi) is 9.68. The van der Waals surface area contributed by atoms with Gasteiger partial charge in [-0.05, 0) is 25.0 Å². The molecule has 1 aromatic carbocycles. The van der Waals surface area contributed by atoms with E-state index in [1.807, 2.05) is 35.2 Å². The van der Waals surface area contributed by atoms with Gasteiger partial charge < -0.3 is 20.1 Å². The van der Waals surface area contributed by atoms with Gasteiger partial charge in [0, 0.05) is 45.9 Å². The zero-order valence-corrected chi connectivity index (χ0v) is 16.6. The molecule has 2 aliphatic rings. The smallest absolute Gasteiger partial charge is 0.242 e. The molecule has 0 unspecified atom stereocenters. The fourth-order valence-corrected chi connectivity index (χ4v) is 3.25. The molecule has 0 aliphatic carbocycles. The predicted molar refractivity (Wildman–Crippen MR) is 106 cm³/mol. The number of carbonyl (C=O) groups is 1. The average Bonchev–Trinajstić information content (AvgIpc) is 2.63.